The fourth-order valence-corrected chi connectivity index (χ4v) is 6.61. The van der Waals surface area contributed by atoms with Gasteiger partial charge in [-0.1, -0.05) is 0 Å². The van der Waals surface area contributed by atoms with E-state index in [-0.39, 0.29) is 29.5 Å². The standard InChI is InChI=1S/C17H18FN3O2.C16H15FN2O3.C14H10FN3OS/c18-13-1-3-14(4-2-13)19-17(22)20-15-5-7-16(8-6-15)21-9-11-23-12-10-21;1-2-22-15(20)11-3-7-13(8-4-11)18-16(21)19-14-9-5-12(17)6-10-14;15-9-1-3-10(4-2-9)17-14(19)18-11-5-6-12-13(7-11)20-8-16-12/h1-8H,9-12H2,(H2,19,20,22);3-10H,2H2,1H3,(H2,18,19,21);1-8H,(H2,17,18,19). The number of carbonyl (C=O) groups excluding carboxylic acids is 4. The third kappa shape index (κ3) is 15.1. The molecule has 6 N–H and O–H groups in total. The van der Waals surface area contributed by atoms with Gasteiger partial charge >= 0.3 is 24.1 Å². The lowest BCUT2D eigenvalue weighted by atomic mass is 10.2. The molecule has 65 heavy (non-hydrogen) atoms. The van der Waals surface area contributed by atoms with Crippen LogP contribution in [0.4, 0.5) is 67.4 Å². The van der Waals surface area contributed by atoms with Gasteiger partial charge in [0.05, 0.1) is 41.1 Å². The summed E-state index contributed by atoms with van der Waals surface area (Å²) in [4.78, 5) is 53.4. The Labute approximate surface area is 375 Å². The number of hydrogen-bond acceptors (Lipinski definition) is 9. The van der Waals surface area contributed by atoms with Crippen LogP contribution in [0.15, 0.2) is 145 Å². The second-order valence-corrected chi connectivity index (χ2v) is 14.6. The summed E-state index contributed by atoms with van der Waals surface area (Å²) >= 11 is 1.51. The van der Waals surface area contributed by atoms with Crippen LogP contribution in [0, 0.1) is 17.5 Å². The van der Waals surface area contributed by atoms with Gasteiger partial charge in [-0.25, -0.2) is 37.3 Å². The molecule has 1 aliphatic heterocycles. The van der Waals surface area contributed by atoms with Gasteiger partial charge in [0, 0.05) is 52.9 Å². The van der Waals surface area contributed by atoms with Gasteiger partial charge in [0.15, 0.2) is 0 Å². The van der Waals surface area contributed by atoms with Gasteiger partial charge in [-0.05, 0) is 146 Å². The summed E-state index contributed by atoms with van der Waals surface area (Å²) in [5, 5.41) is 15.9. The lowest BCUT2D eigenvalue weighted by Gasteiger charge is -2.28. The van der Waals surface area contributed by atoms with Crippen molar-refractivity contribution in [3.8, 4) is 0 Å². The van der Waals surface area contributed by atoms with Crippen LogP contribution in [0.5, 0.6) is 0 Å². The summed E-state index contributed by atoms with van der Waals surface area (Å²) in [5.41, 5.74) is 7.62. The maximum atomic E-state index is 12.8. The van der Waals surface area contributed by atoms with Crippen LogP contribution in [0.3, 0.4) is 0 Å². The number of nitrogens with zero attached hydrogens (tertiary/aromatic N) is 2. The summed E-state index contributed by atoms with van der Waals surface area (Å²) in [7, 11) is 0. The van der Waals surface area contributed by atoms with E-state index in [1.165, 1.54) is 84.1 Å². The number of nitrogens with one attached hydrogen (secondary N) is 6. The Kier molecular flexibility index (Phi) is 16.8. The maximum absolute atomic E-state index is 12.8. The lowest BCUT2D eigenvalue weighted by Crippen LogP contribution is -2.36. The van der Waals surface area contributed by atoms with Gasteiger partial charge in [0.1, 0.15) is 17.5 Å². The minimum absolute atomic E-state index is 0.304. The number of thiazole rings is 1. The van der Waals surface area contributed by atoms with Gasteiger partial charge in [0.2, 0.25) is 0 Å². The van der Waals surface area contributed by atoms with Crippen LogP contribution >= 0.6 is 11.3 Å². The first-order chi connectivity index (χ1) is 31.5. The Morgan fingerprint density at radius 3 is 1.38 bits per heavy atom. The second kappa shape index (κ2) is 23.5. The molecule has 0 saturated carbocycles. The van der Waals surface area contributed by atoms with Crippen molar-refractivity contribution in [3.05, 3.63) is 168 Å². The van der Waals surface area contributed by atoms with Crippen molar-refractivity contribution < 1.29 is 41.8 Å². The van der Waals surface area contributed by atoms with Crippen LogP contribution in [0.25, 0.3) is 10.2 Å². The summed E-state index contributed by atoms with van der Waals surface area (Å²) in [6.07, 6.45) is 0. The predicted molar refractivity (Wildman–Crippen MR) is 249 cm³/mol. The smallest absolute Gasteiger partial charge is 0.338 e. The van der Waals surface area contributed by atoms with E-state index in [1.807, 2.05) is 36.4 Å². The number of fused-ring (bicyclic) bond motifs is 1. The van der Waals surface area contributed by atoms with Crippen LogP contribution in [-0.4, -0.2) is 62.0 Å². The Bertz CT molecular complexity index is 2650. The Hall–Kier alpha value is -7.96. The lowest BCUT2D eigenvalue weighted by molar-refractivity contribution is 0.0526. The van der Waals surface area contributed by atoms with E-state index in [4.69, 9.17) is 9.47 Å². The van der Waals surface area contributed by atoms with Crippen molar-refractivity contribution in [1.82, 2.24) is 4.98 Å². The normalized spacial score (nSPS) is 11.7. The molecular formula is C47H43F3N8O6S. The highest BCUT2D eigenvalue weighted by Gasteiger charge is 2.12. The first-order valence-corrected chi connectivity index (χ1v) is 20.9. The van der Waals surface area contributed by atoms with E-state index in [1.54, 1.807) is 42.8 Å². The fraction of sp³-hybridized carbons (Fsp3) is 0.128. The summed E-state index contributed by atoms with van der Waals surface area (Å²) < 4.78 is 49.5. The van der Waals surface area contributed by atoms with E-state index in [0.29, 0.717) is 46.3 Å². The molecule has 1 aromatic heterocycles. The molecule has 7 aromatic rings. The van der Waals surface area contributed by atoms with Gasteiger partial charge in [-0.2, -0.15) is 0 Å². The second-order valence-electron chi connectivity index (χ2n) is 13.7. The maximum Gasteiger partial charge on any atom is 0.338 e. The van der Waals surface area contributed by atoms with E-state index >= 15 is 0 Å². The number of rotatable bonds is 9. The third-order valence-electron chi connectivity index (χ3n) is 9.05. The molecule has 8 rings (SSSR count). The number of benzene rings is 6. The van der Waals surface area contributed by atoms with Crippen molar-refractivity contribution in [2.75, 3.05) is 69.7 Å². The minimum Gasteiger partial charge on any atom is -0.462 e. The minimum atomic E-state index is -0.463. The molecule has 334 valence electrons. The van der Waals surface area contributed by atoms with Gasteiger partial charge in [-0.15, -0.1) is 11.3 Å². The molecule has 14 nitrogen and oxygen atoms in total. The third-order valence-corrected chi connectivity index (χ3v) is 9.84. The average Bonchev–Trinajstić information content (AvgIpc) is 3.78. The number of anilines is 7. The molecule has 0 atom stereocenters. The van der Waals surface area contributed by atoms with Crippen LogP contribution in [0.1, 0.15) is 17.3 Å². The predicted octanol–water partition coefficient (Wildman–Crippen LogP) is 11.0. The first-order valence-electron chi connectivity index (χ1n) is 20.0. The molecule has 0 radical (unpaired) electrons. The SMILES string of the molecule is CCOC(=O)c1ccc(NC(=O)Nc2ccc(F)cc2)cc1.O=C(Nc1ccc(F)cc1)Nc1ccc(N2CCOCC2)cc1.O=C(Nc1ccc(F)cc1)Nc1ccc2ncsc2c1. The number of ether oxygens (including phenoxy) is 2. The van der Waals surface area contributed by atoms with Crippen molar-refractivity contribution in [1.29, 1.82) is 0 Å². The van der Waals surface area contributed by atoms with E-state index in [9.17, 15) is 32.3 Å². The largest absolute Gasteiger partial charge is 0.462 e. The van der Waals surface area contributed by atoms with Crippen molar-refractivity contribution in [2.45, 2.75) is 6.92 Å². The molecule has 2 heterocycles. The van der Waals surface area contributed by atoms with Gasteiger partial charge in [0.25, 0.3) is 0 Å². The van der Waals surface area contributed by atoms with Crippen LogP contribution in [-0.2, 0) is 9.47 Å². The van der Waals surface area contributed by atoms with Crippen molar-refractivity contribution in [2.24, 2.45) is 0 Å². The highest BCUT2D eigenvalue weighted by Crippen LogP contribution is 2.23. The number of esters is 1. The average molecular weight is 905 g/mol. The number of carbonyl (C=O) groups is 4. The number of aromatic nitrogens is 1. The molecule has 6 aromatic carbocycles. The quantitative estimate of drug-likeness (QED) is 0.0776. The first kappa shape index (κ1) is 46.5. The van der Waals surface area contributed by atoms with E-state index in [2.05, 4.69) is 41.8 Å². The molecule has 18 heteroatoms. The number of halogens is 3. The number of amides is 6. The van der Waals surface area contributed by atoms with E-state index in [0.717, 1.165) is 42.2 Å². The summed E-state index contributed by atoms with van der Waals surface area (Å²) in [6, 6.07) is 34.9. The molecule has 6 amide bonds. The monoisotopic (exact) mass is 904 g/mol. The molecule has 0 bridgehead atoms. The topological polar surface area (TPSA) is 175 Å². The molecule has 1 aliphatic rings. The zero-order valence-corrected chi connectivity index (χ0v) is 35.6. The Morgan fingerprint density at radius 2 is 0.954 bits per heavy atom. The Morgan fingerprint density at radius 1 is 0.569 bits per heavy atom. The zero-order valence-electron chi connectivity index (χ0n) is 34.8. The van der Waals surface area contributed by atoms with Crippen molar-refractivity contribution >= 4 is 85.4 Å². The molecule has 1 saturated heterocycles. The van der Waals surface area contributed by atoms with Crippen LogP contribution in [0.2, 0.25) is 0 Å². The number of hydrogen-bond donors (Lipinski definition) is 6. The molecule has 0 unspecified atom stereocenters. The van der Waals surface area contributed by atoms with Gasteiger partial charge < -0.3 is 46.3 Å². The van der Waals surface area contributed by atoms with E-state index < -0.39 is 12.0 Å². The molecule has 1 fully saturated rings. The highest BCUT2D eigenvalue weighted by molar-refractivity contribution is 7.16. The Balaban J connectivity index is 0.000000162. The number of morpholine rings is 1. The van der Waals surface area contributed by atoms with Crippen molar-refractivity contribution in [3.63, 3.8) is 0 Å². The summed E-state index contributed by atoms with van der Waals surface area (Å²) in [6.45, 7) is 5.25. The zero-order chi connectivity index (χ0) is 46.0. The summed E-state index contributed by atoms with van der Waals surface area (Å²) in [5.74, 6) is -1.47. The molecular weight excluding hydrogens is 862 g/mol. The molecule has 0 spiro atoms. The van der Waals surface area contributed by atoms with Gasteiger partial charge in [-0.3, -0.25) is 0 Å². The fourth-order valence-electron chi connectivity index (χ4n) is 5.89. The highest BCUT2D eigenvalue weighted by atomic mass is 32.1. The number of urea groups is 3. The van der Waals surface area contributed by atoms with Crippen LogP contribution < -0.4 is 36.8 Å². The molecule has 0 aliphatic carbocycles.